The molecule has 8 heavy (non-hydrogen) atoms. The molecule has 0 aliphatic rings. The first-order valence-electron chi connectivity index (χ1n) is 2.49. The van der Waals surface area contributed by atoms with Crippen LogP contribution in [0.25, 0.3) is 0 Å². The van der Waals surface area contributed by atoms with E-state index in [4.69, 9.17) is 0 Å². The Morgan fingerprint density at radius 3 is 2.12 bits per heavy atom. The summed E-state index contributed by atoms with van der Waals surface area (Å²) < 4.78 is 0. The Kier molecular flexibility index (Phi) is 2.92. The summed E-state index contributed by atoms with van der Waals surface area (Å²) in [5.41, 5.74) is 0. The van der Waals surface area contributed by atoms with Crippen molar-refractivity contribution in [1.29, 1.82) is 0 Å². The molecule has 0 radical (unpaired) electrons. The Morgan fingerprint density at radius 1 is 1.62 bits per heavy atom. The molecule has 0 aromatic carbocycles. The van der Waals surface area contributed by atoms with Crippen molar-refractivity contribution in [1.82, 2.24) is 4.90 Å². The van der Waals surface area contributed by atoms with E-state index in [1.165, 1.54) is 0 Å². The van der Waals surface area contributed by atoms with E-state index < -0.39 is 0 Å². The number of hydrogen-bond donors (Lipinski definition) is 0. The van der Waals surface area contributed by atoms with Crippen LogP contribution in [-0.2, 0) is 0 Å². The standard InChI is InChI=1S/C6H12N2/c1-5-6(7-2)8(3)4/h5H,1H2,2-4H3. The van der Waals surface area contributed by atoms with E-state index in [-0.39, 0.29) is 0 Å². The minimum absolute atomic E-state index is 0.907. The summed E-state index contributed by atoms with van der Waals surface area (Å²) in [5, 5.41) is 0. The molecule has 2 nitrogen and oxygen atoms in total. The van der Waals surface area contributed by atoms with Crippen LogP contribution in [0.4, 0.5) is 0 Å². The zero-order valence-electron chi connectivity index (χ0n) is 5.68. The van der Waals surface area contributed by atoms with Gasteiger partial charge in [-0.15, -0.1) is 0 Å². The van der Waals surface area contributed by atoms with Crippen molar-refractivity contribution >= 4 is 5.84 Å². The molecule has 0 aliphatic carbocycles. The highest BCUT2D eigenvalue weighted by Gasteiger charge is 1.89. The fraction of sp³-hybridized carbons (Fsp3) is 0.500. The topological polar surface area (TPSA) is 15.6 Å². The van der Waals surface area contributed by atoms with Gasteiger partial charge in [-0.25, -0.2) is 0 Å². The van der Waals surface area contributed by atoms with Gasteiger partial charge in [0.25, 0.3) is 0 Å². The van der Waals surface area contributed by atoms with E-state index in [0.29, 0.717) is 0 Å². The summed E-state index contributed by atoms with van der Waals surface area (Å²) >= 11 is 0. The normalized spacial score (nSPS) is 11.1. The number of amidine groups is 1. The van der Waals surface area contributed by atoms with Crippen LogP contribution in [0.2, 0.25) is 0 Å². The monoisotopic (exact) mass is 112 g/mol. The lowest BCUT2D eigenvalue weighted by atomic mass is 10.5. The van der Waals surface area contributed by atoms with Gasteiger partial charge in [-0.3, -0.25) is 4.99 Å². The van der Waals surface area contributed by atoms with Crippen LogP contribution in [0, 0.1) is 0 Å². The van der Waals surface area contributed by atoms with Crippen LogP contribution in [0.1, 0.15) is 0 Å². The highest BCUT2D eigenvalue weighted by molar-refractivity contribution is 5.91. The maximum Gasteiger partial charge on any atom is 0.122 e. The molecule has 0 amide bonds. The SMILES string of the molecule is C=CC(=NC)N(C)C. The second-order valence-corrected chi connectivity index (χ2v) is 1.68. The van der Waals surface area contributed by atoms with E-state index in [0.717, 1.165) is 5.84 Å². The predicted octanol–water partition coefficient (Wildman–Crippen LogP) is 0.762. The highest BCUT2D eigenvalue weighted by Crippen LogP contribution is 1.81. The molecule has 0 saturated carbocycles. The van der Waals surface area contributed by atoms with Crippen molar-refractivity contribution in [3.8, 4) is 0 Å². The third-order valence-electron chi connectivity index (χ3n) is 0.870. The average molecular weight is 112 g/mol. The Bertz CT molecular complexity index is 103. The maximum absolute atomic E-state index is 3.93. The largest absolute Gasteiger partial charge is 0.363 e. The third-order valence-corrected chi connectivity index (χ3v) is 0.870. The molecule has 0 fully saturated rings. The van der Waals surface area contributed by atoms with Crippen molar-refractivity contribution in [3.05, 3.63) is 12.7 Å². The van der Waals surface area contributed by atoms with Crippen molar-refractivity contribution < 1.29 is 0 Å². The van der Waals surface area contributed by atoms with E-state index >= 15 is 0 Å². The first kappa shape index (κ1) is 7.21. The molecule has 0 saturated heterocycles. The zero-order chi connectivity index (χ0) is 6.57. The molecule has 0 unspecified atom stereocenters. The number of rotatable bonds is 1. The average Bonchev–Trinajstić information content (AvgIpc) is 1.69. The van der Waals surface area contributed by atoms with E-state index in [2.05, 4.69) is 11.6 Å². The fourth-order valence-corrected chi connectivity index (χ4v) is 0.474. The third kappa shape index (κ3) is 1.78. The molecule has 0 aromatic heterocycles. The number of aliphatic imine (C=N–C) groups is 1. The molecule has 0 N–H and O–H groups in total. The van der Waals surface area contributed by atoms with Gasteiger partial charge >= 0.3 is 0 Å². The number of hydrogen-bond acceptors (Lipinski definition) is 1. The van der Waals surface area contributed by atoms with Crippen LogP contribution in [0.15, 0.2) is 17.6 Å². The lowest BCUT2D eigenvalue weighted by Gasteiger charge is -2.09. The minimum Gasteiger partial charge on any atom is -0.363 e. The molecule has 0 heterocycles. The fourth-order valence-electron chi connectivity index (χ4n) is 0.474. The van der Waals surface area contributed by atoms with Gasteiger partial charge in [0.05, 0.1) is 0 Å². The molecule has 0 aromatic rings. The van der Waals surface area contributed by atoms with E-state index in [9.17, 15) is 0 Å². The lowest BCUT2D eigenvalue weighted by Crippen LogP contribution is -2.18. The highest BCUT2D eigenvalue weighted by atomic mass is 15.1. The van der Waals surface area contributed by atoms with Crippen molar-refractivity contribution in [3.63, 3.8) is 0 Å². The molecule has 2 heteroatoms. The van der Waals surface area contributed by atoms with Crippen LogP contribution in [-0.4, -0.2) is 31.9 Å². The van der Waals surface area contributed by atoms with Gasteiger partial charge in [0.1, 0.15) is 5.84 Å². The summed E-state index contributed by atoms with van der Waals surface area (Å²) in [6.45, 7) is 3.58. The number of likely N-dealkylation sites (N-methyl/N-ethyl adjacent to an activating group) is 1. The second-order valence-electron chi connectivity index (χ2n) is 1.68. The maximum atomic E-state index is 3.93. The second kappa shape index (κ2) is 3.24. The van der Waals surface area contributed by atoms with Crippen molar-refractivity contribution in [2.75, 3.05) is 21.1 Å². The van der Waals surface area contributed by atoms with E-state index in [1.54, 1.807) is 13.1 Å². The van der Waals surface area contributed by atoms with Crippen molar-refractivity contribution in [2.24, 2.45) is 4.99 Å². The van der Waals surface area contributed by atoms with Crippen molar-refractivity contribution in [2.45, 2.75) is 0 Å². The summed E-state index contributed by atoms with van der Waals surface area (Å²) in [6, 6.07) is 0. The zero-order valence-corrected chi connectivity index (χ0v) is 5.68. The smallest absolute Gasteiger partial charge is 0.122 e. The van der Waals surface area contributed by atoms with Gasteiger partial charge in [0.2, 0.25) is 0 Å². The molecule has 0 atom stereocenters. The van der Waals surface area contributed by atoms with E-state index in [1.807, 2.05) is 19.0 Å². The summed E-state index contributed by atoms with van der Waals surface area (Å²) in [7, 11) is 5.62. The van der Waals surface area contributed by atoms with Gasteiger partial charge in [-0.05, 0) is 6.08 Å². The quantitative estimate of drug-likeness (QED) is 0.361. The molecule has 46 valence electrons. The first-order chi connectivity index (χ1) is 3.72. The minimum atomic E-state index is 0.907. The number of nitrogens with zero attached hydrogens (tertiary/aromatic N) is 2. The van der Waals surface area contributed by atoms with Crippen LogP contribution >= 0.6 is 0 Å². The molecule has 0 bridgehead atoms. The summed E-state index contributed by atoms with van der Waals surface area (Å²) in [5.74, 6) is 0.907. The molecular formula is C6H12N2. The lowest BCUT2D eigenvalue weighted by molar-refractivity contribution is 0.625. The molecular weight excluding hydrogens is 100 g/mol. The molecule has 0 aliphatic heterocycles. The first-order valence-corrected chi connectivity index (χ1v) is 2.49. The summed E-state index contributed by atoms with van der Waals surface area (Å²) in [6.07, 6.45) is 1.72. The van der Waals surface area contributed by atoms with Crippen LogP contribution in [0.5, 0.6) is 0 Å². The van der Waals surface area contributed by atoms with Gasteiger partial charge in [0.15, 0.2) is 0 Å². The molecule has 0 rings (SSSR count). The van der Waals surface area contributed by atoms with Gasteiger partial charge in [-0.2, -0.15) is 0 Å². The van der Waals surface area contributed by atoms with Gasteiger partial charge in [-0.1, -0.05) is 6.58 Å². The van der Waals surface area contributed by atoms with Gasteiger partial charge < -0.3 is 4.90 Å². The Hall–Kier alpha value is -0.790. The Balaban J connectivity index is 3.91. The van der Waals surface area contributed by atoms with Crippen LogP contribution < -0.4 is 0 Å². The summed E-state index contributed by atoms with van der Waals surface area (Å²) in [4.78, 5) is 5.84. The predicted molar refractivity (Wildman–Crippen MR) is 37.2 cm³/mol. The Morgan fingerprint density at radius 2 is 2.12 bits per heavy atom. The van der Waals surface area contributed by atoms with Crippen LogP contribution in [0.3, 0.4) is 0 Å². The molecule has 0 spiro atoms. The van der Waals surface area contributed by atoms with Gasteiger partial charge in [0, 0.05) is 21.1 Å². The Labute approximate surface area is 50.5 Å².